The molecule has 0 saturated carbocycles. The van der Waals surface area contributed by atoms with E-state index in [1.165, 1.54) is 31.2 Å². The molecule has 1 heterocycles. The maximum atomic E-state index is 12.5. The van der Waals surface area contributed by atoms with E-state index in [1.807, 2.05) is 24.3 Å². The van der Waals surface area contributed by atoms with Crippen LogP contribution in [0.2, 0.25) is 0 Å². The first kappa shape index (κ1) is 18.1. The lowest BCUT2D eigenvalue weighted by Gasteiger charge is -2.12. The number of ketones is 1. The van der Waals surface area contributed by atoms with E-state index in [0.717, 1.165) is 10.9 Å². The van der Waals surface area contributed by atoms with Gasteiger partial charge >= 0.3 is 5.97 Å². The second kappa shape index (κ2) is 7.69. The number of hydrogen-bond acceptors (Lipinski definition) is 6. The molecule has 27 heavy (non-hydrogen) atoms. The maximum Gasteiger partial charge on any atom is 0.344 e. The van der Waals surface area contributed by atoms with E-state index in [1.54, 1.807) is 6.20 Å². The number of rotatable bonds is 7. The maximum absolute atomic E-state index is 12.5. The van der Waals surface area contributed by atoms with Crippen LogP contribution in [0.25, 0.3) is 10.9 Å². The lowest BCUT2D eigenvalue weighted by Crippen LogP contribution is -2.27. The highest BCUT2D eigenvalue weighted by molar-refractivity contribution is 6.10. The van der Waals surface area contributed by atoms with Crippen LogP contribution in [0.5, 0.6) is 5.75 Å². The summed E-state index contributed by atoms with van der Waals surface area (Å²) in [5.41, 5.74) is 1.19. The Morgan fingerprint density at radius 1 is 1.15 bits per heavy atom. The van der Waals surface area contributed by atoms with Crippen molar-refractivity contribution in [2.45, 2.75) is 13.0 Å². The van der Waals surface area contributed by atoms with Gasteiger partial charge in [-0.3, -0.25) is 14.9 Å². The number of nitro benzene ring substituents is 1. The van der Waals surface area contributed by atoms with Crippen molar-refractivity contribution < 1.29 is 24.0 Å². The lowest BCUT2D eigenvalue weighted by atomic mass is 10.1. The topological polar surface area (TPSA) is 112 Å². The number of aromatic amines is 1. The van der Waals surface area contributed by atoms with E-state index >= 15 is 0 Å². The average Bonchev–Trinajstić information content (AvgIpc) is 3.10. The number of non-ortho nitro benzene ring substituents is 1. The van der Waals surface area contributed by atoms with Crippen LogP contribution in [-0.4, -0.2) is 34.4 Å². The largest absolute Gasteiger partial charge is 0.482 e. The zero-order chi connectivity index (χ0) is 19.4. The van der Waals surface area contributed by atoms with Gasteiger partial charge in [-0.05, 0) is 25.1 Å². The van der Waals surface area contributed by atoms with Gasteiger partial charge in [0.15, 0.2) is 12.7 Å². The summed E-state index contributed by atoms with van der Waals surface area (Å²) >= 11 is 0. The average molecular weight is 368 g/mol. The zero-order valence-corrected chi connectivity index (χ0v) is 14.4. The van der Waals surface area contributed by atoms with Crippen LogP contribution in [0.15, 0.2) is 54.7 Å². The number of aromatic nitrogens is 1. The van der Waals surface area contributed by atoms with Gasteiger partial charge in [0.25, 0.3) is 5.69 Å². The molecule has 0 aliphatic carbocycles. The second-order valence-corrected chi connectivity index (χ2v) is 5.78. The molecule has 0 fully saturated rings. The molecule has 0 saturated heterocycles. The van der Waals surface area contributed by atoms with Gasteiger partial charge in [0.2, 0.25) is 5.78 Å². The molecule has 138 valence electrons. The van der Waals surface area contributed by atoms with Crippen molar-refractivity contribution in [1.82, 2.24) is 4.98 Å². The first-order chi connectivity index (χ1) is 13.0. The molecule has 0 aliphatic rings. The molecule has 0 aliphatic heterocycles. The minimum absolute atomic E-state index is 0.0807. The summed E-state index contributed by atoms with van der Waals surface area (Å²) in [5.74, 6) is -0.752. The predicted molar refractivity (Wildman–Crippen MR) is 96.8 cm³/mol. The fourth-order valence-corrected chi connectivity index (χ4v) is 2.59. The lowest BCUT2D eigenvalue weighted by molar-refractivity contribution is -0.384. The first-order valence-corrected chi connectivity index (χ1v) is 8.13. The number of H-pyrrole nitrogens is 1. The SMILES string of the molecule is C[C@@H](OC(=O)COc1ccc([N+](=O)[O-])cc1)C(=O)c1c[nH]c2ccccc12. The van der Waals surface area contributed by atoms with Crippen LogP contribution in [-0.2, 0) is 9.53 Å². The molecule has 0 bridgehead atoms. The molecule has 1 N–H and O–H groups in total. The number of benzene rings is 2. The van der Waals surface area contributed by atoms with Crippen LogP contribution < -0.4 is 4.74 Å². The first-order valence-electron chi connectivity index (χ1n) is 8.13. The van der Waals surface area contributed by atoms with E-state index in [-0.39, 0.29) is 17.2 Å². The number of carbonyl (C=O) groups excluding carboxylic acids is 2. The summed E-state index contributed by atoms with van der Waals surface area (Å²) in [6, 6.07) is 12.6. The summed E-state index contributed by atoms with van der Waals surface area (Å²) in [7, 11) is 0. The molecule has 8 heteroatoms. The monoisotopic (exact) mass is 368 g/mol. The van der Waals surface area contributed by atoms with Crippen molar-refractivity contribution in [1.29, 1.82) is 0 Å². The predicted octanol–water partition coefficient (Wildman–Crippen LogP) is 3.27. The van der Waals surface area contributed by atoms with Gasteiger partial charge in [-0.15, -0.1) is 0 Å². The fourth-order valence-electron chi connectivity index (χ4n) is 2.59. The molecule has 0 spiro atoms. The number of esters is 1. The van der Waals surface area contributed by atoms with Crippen molar-refractivity contribution in [3.63, 3.8) is 0 Å². The van der Waals surface area contributed by atoms with Crippen LogP contribution in [0.4, 0.5) is 5.69 Å². The van der Waals surface area contributed by atoms with Gasteiger partial charge in [-0.25, -0.2) is 4.79 Å². The van der Waals surface area contributed by atoms with Crippen molar-refractivity contribution >= 4 is 28.3 Å². The number of ether oxygens (including phenoxy) is 2. The minimum Gasteiger partial charge on any atom is -0.482 e. The molecule has 0 unspecified atom stereocenters. The molecule has 0 radical (unpaired) electrons. The van der Waals surface area contributed by atoms with Crippen molar-refractivity contribution in [2.24, 2.45) is 0 Å². The highest BCUT2D eigenvalue weighted by atomic mass is 16.6. The standard InChI is InChI=1S/C19H16N2O6/c1-12(19(23)16-10-20-17-5-3-2-4-15(16)17)27-18(22)11-26-14-8-6-13(7-9-14)21(24)25/h2-10,12,20H,11H2,1H3/t12-/m1/s1. The molecule has 8 nitrogen and oxygen atoms in total. The normalized spacial score (nSPS) is 11.7. The van der Waals surface area contributed by atoms with Gasteiger partial charge in [-0.1, -0.05) is 18.2 Å². The summed E-state index contributed by atoms with van der Waals surface area (Å²) in [4.78, 5) is 37.5. The molecule has 0 amide bonds. The van der Waals surface area contributed by atoms with Crippen LogP contribution >= 0.6 is 0 Å². The zero-order valence-electron chi connectivity index (χ0n) is 14.4. The number of hydrogen-bond donors (Lipinski definition) is 1. The van der Waals surface area contributed by atoms with Crippen molar-refractivity contribution in [3.8, 4) is 5.75 Å². The number of para-hydroxylation sites is 1. The number of nitrogens with one attached hydrogen (secondary N) is 1. The summed E-state index contributed by atoms with van der Waals surface area (Å²) in [6.45, 7) is 1.08. The highest BCUT2D eigenvalue weighted by Gasteiger charge is 2.22. The minimum atomic E-state index is -0.975. The Morgan fingerprint density at radius 2 is 1.85 bits per heavy atom. The van der Waals surface area contributed by atoms with Gasteiger partial charge in [0, 0.05) is 34.8 Å². The number of Topliss-reactive ketones (excluding diaryl/α,β-unsaturated/α-hetero) is 1. The summed E-state index contributed by atoms with van der Waals surface area (Å²) < 4.78 is 10.4. The number of carbonyl (C=O) groups is 2. The third-order valence-electron chi connectivity index (χ3n) is 3.94. The molecular formula is C19H16N2O6. The smallest absolute Gasteiger partial charge is 0.344 e. The Hall–Kier alpha value is -3.68. The molecule has 3 rings (SSSR count). The third kappa shape index (κ3) is 4.12. The number of fused-ring (bicyclic) bond motifs is 1. The number of nitro groups is 1. The van der Waals surface area contributed by atoms with E-state index in [4.69, 9.17) is 9.47 Å². The molecule has 3 aromatic rings. The van der Waals surface area contributed by atoms with Gasteiger partial charge in [-0.2, -0.15) is 0 Å². The highest BCUT2D eigenvalue weighted by Crippen LogP contribution is 2.20. The molecule has 1 atom stereocenters. The molecule has 1 aromatic heterocycles. The van der Waals surface area contributed by atoms with Gasteiger partial charge in [0.1, 0.15) is 5.75 Å². The Kier molecular flexibility index (Phi) is 5.16. The fraction of sp³-hybridized carbons (Fsp3) is 0.158. The van der Waals surface area contributed by atoms with E-state index in [0.29, 0.717) is 5.56 Å². The summed E-state index contributed by atoms with van der Waals surface area (Å²) in [6.07, 6.45) is 0.613. The van der Waals surface area contributed by atoms with Crippen LogP contribution in [0.3, 0.4) is 0 Å². The summed E-state index contributed by atoms with van der Waals surface area (Å²) in [5, 5.41) is 11.4. The second-order valence-electron chi connectivity index (χ2n) is 5.78. The van der Waals surface area contributed by atoms with E-state index in [2.05, 4.69) is 4.98 Å². The number of nitrogens with zero attached hydrogens (tertiary/aromatic N) is 1. The Bertz CT molecular complexity index is 993. The van der Waals surface area contributed by atoms with Crippen LogP contribution in [0, 0.1) is 10.1 Å². The van der Waals surface area contributed by atoms with Crippen molar-refractivity contribution in [3.05, 3.63) is 70.4 Å². The van der Waals surface area contributed by atoms with Crippen molar-refractivity contribution in [2.75, 3.05) is 6.61 Å². The third-order valence-corrected chi connectivity index (χ3v) is 3.94. The van der Waals surface area contributed by atoms with Gasteiger partial charge in [0.05, 0.1) is 4.92 Å². The Balaban J connectivity index is 1.57. The molecule has 2 aromatic carbocycles. The quantitative estimate of drug-likeness (QED) is 0.296. The van der Waals surface area contributed by atoms with Crippen LogP contribution in [0.1, 0.15) is 17.3 Å². The Morgan fingerprint density at radius 3 is 2.56 bits per heavy atom. The molecular weight excluding hydrogens is 352 g/mol. The van der Waals surface area contributed by atoms with Gasteiger partial charge < -0.3 is 14.5 Å². The van der Waals surface area contributed by atoms with E-state index in [9.17, 15) is 19.7 Å². The Labute approximate surface area is 153 Å². The van der Waals surface area contributed by atoms with E-state index < -0.39 is 23.6 Å².